The maximum absolute atomic E-state index is 5.67. The van der Waals surface area contributed by atoms with E-state index in [2.05, 4.69) is 56.1 Å². The molecule has 0 fully saturated rings. The van der Waals surface area contributed by atoms with Crippen molar-refractivity contribution in [3.8, 4) is 0 Å². The first-order chi connectivity index (χ1) is 10.1. The Hall–Kier alpha value is -1.06. The van der Waals surface area contributed by atoms with Crippen LogP contribution in [0.2, 0.25) is 0 Å². The molecule has 0 spiro atoms. The summed E-state index contributed by atoms with van der Waals surface area (Å²) < 4.78 is 5.67. The smallest absolute Gasteiger partial charge is 0.0645 e. The molecule has 1 aliphatic rings. The van der Waals surface area contributed by atoms with E-state index < -0.39 is 0 Å². The van der Waals surface area contributed by atoms with Gasteiger partial charge in [0.1, 0.15) is 0 Å². The number of anilines is 1. The summed E-state index contributed by atoms with van der Waals surface area (Å²) in [7, 11) is 0. The molecular formula is C18H30N2O. The molecule has 0 saturated heterocycles. The summed E-state index contributed by atoms with van der Waals surface area (Å²) in [4.78, 5) is 2.45. The van der Waals surface area contributed by atoms with E-state index in [0.717, 1.165) is 32.7 Å². The Labute approximate surface area is 129 Å². The maximum atomic E-state index is 5.67. The Balaban J connectivity index is 1.96. The first kappa shape index (κ1) is 16.3. The van der Waals surface area contributed by atoms with Gasteiger partial charge in [-0.25, -0.2) is 0 Å². The SMILES string of the molecule is CCCNC(C)c1ccc2c(c1)CCN2CCOC(C)C. The molecule has 1 aliphatic heterocycles. The summed E-state index contributed by atoms with van der Waals surface area (Å²) in [6.45, 7) is 12.7. The maximum Gasteiger partial charge on any atom is 0.0645 e. The van der Waals surface area contributed by atoms with Gasteiger partial charge < -0.3 is 15.0 Å². The van der Waals surface area contributed by atoms with Crippen LogP contribution in [0.25, 0.3) is 0 Å². The number of nitrogens with zero attached hydrogens (tertiary/aromatic N) is 1. The molecule has 1 N–H and O–H groups in total. The summed E-state index contributed by atoms with van der Waals surface area (Å²) in [5, 5.41) is 3.56. The highest BCUT2D eigenvalue weighted by atomic mass is 16.5. The van der Waals surface area contributed by atoms with Crippen LogP contribution in [0.5, 0.6) is 0 Å². The number of nitrogens with one attached hydrogen (secondary N) is 1. The van der Waals surface area contributed by atoms with Gasteiger partial charge in [0.2, 0.25) is 0 Å². The highest BCUT2D eigenvalue weighted by Gasteiger charge is 2.19. The van der Waals surface area contributed by atoms with Crippen LogP contribution in [-0.4, -0.2) is 32.3 Å². The van der Waals surface area contributed by atoms with Crippen LogP contribution in [0.4, 0.5) is 5.69 Å². The molecule has 0 radical (unpaired) electrons. The van der Waals surface area contributed by atoms with E-state index in [9.17, 15) is 0 Å². The third-order valence-corrected chi connectivity index (χ3v) is 4.11. The molecule has 2 rings (SSSR count). The Morgan fingerprint density at radius 2 is 2.10 bits per heavy atom. The van der Waals surface area contributed by atoms with Gasteiger partial charge in [0.05, 0.1) is 12.7 Å². The molecule has 1 heterocycles. The zero-order valence-corrected chi connectivity index (χ0v) is 14.0. The standard InChI is InChI=1S/C18H30N2O/c1-5-9-19-15(4)16-6-7-18-17(13-16)8-10-20(18)11-12-21-14(2)3/h6-7,13-15,19H,5,8-12H2,1-4H3. The average Bonchev–Trinajstić information content (AvgIpc) is 2.87. The van der Waals surface area contributed by atoms with E-state index in [0.29, 0.717) is 12.1 Å². The molecule has 1 aromatic carbocycles. The van der Waals surface area contributed by atoms with Crippen LogP contribution >= 0.6 is 0 Å². The van der Waals surface area contributed by atoms with Crippen LogP contribution in [0.3, 0.4) is 0 Å². The molecule has 3 nitrogen and oxygen atoms in total. The number of hydrogen-bond donors (Lipinski definition) is 1. The Morgan fingerprint density at radius 1 is 1.29 bits per heavy atom. The quantitative estimate of drug-likeness (QED) is 0.792. The Kier molecular flexibility index (Phi) is 6.07. The van der Waals surface area contributed by atoms with E-state index in [1.54, 1.807) is 0 Å². The molecule has 1 aromatic rings. The van der Waals surface area contributed by atoms with Crippen molar-refractivity contribution in [1.82, 2.24) is 5.32 Å². The van der Waals surface area contributed by atoms with E-state index in [-0.39, 0.29) is 0 Å². The van der Waals surface area contributed by atoms with Crippen LogP contribution < -0.4 is 10.2 Å². The second kappa shape index (κ2) is 7.81. The highest BCUT2D eigenvalue weighted by molar-refractivity contribution is 5.59. The monoisotopic (exact) mass is 290 g/mol. The third-order valence-electron chi connectivity index (χ3n) is 4.11. The Morgan fingerprint density at radius 3 is 2.81 bits per heavy atom. The molecule has 1 atom stereocenters. The minimum atomic E-state index is 0.319. The van der Waals surface area contributed by atoms with Crippen LogP contribution in [0, 0.1) is 0 Å². The molecule has 1 unspecified atom stereocenters. The van der Waals surface area contributed by atoms with E-state index in [4.69, 9.17) is 4.74 Å². The zero-order chi connectivity index (χ0) is 15.2. The molecule has 0 amide bonds. The molecule has 0 aromatic heterocycles. The molecule has 0 saturated carbocycles. The van der Waals surface area contributed by atoms with Crippen molar-refractivity contribution in [3.63, 3.8) is 0 Å². The number of benzene rings is 1. The van der Waals surface area contributed by atoms with Gasteiger partial charge in [-0.2, -0.15) is 0 Å². The molecule has 118 valence electrons. The summed E-state index contributed by atoms with van der Waals surface area (Å²) >= 11 is 0. The van der Waals surface area contributed by atoms with E-state index in [1.165, 1.54) is 23.2 Å². The van der Waals surface area contributed by atoms with Crippen molar-refractivity contribution in [3.05, 3.63) is 29.3 Å². The normalized spacial score (nSPS) is 15.6. The van der Waals surface area contributed by atoms with Gasteiger partial charge in [-0.1, -0.05) is 19.1 Å². The molecule has 3 heteroatoms. The van der Waals surface area contributed by atoms with Crippen LogP contribution in [-0.2, 0) is 11.2 Å². The summed E-state index contributed by atoms with van der Waals surface area (Å²) in [5.74, 6) is 0. The lowest BCUT2D eigenvalue weighted by Gasteiger charge is -2.21. The minimum absolute atomic E-state index is 0.319. The van der Waals surface area contributed by atoms with Crippen molar-refractivity contribution in [2.45, 2.75) is 52.7 Å². The summed E-state index contributed by atoms with van der Waals surface area (Å²) in [6, 6.07) is 7.38. The van der Waals surface area contributed by atoms with Crippen molar-refractivity contribution >= 4 is 5.69 Å². The molecule has 0 aliphatic carbocycles. The van der Waals surface area contributed by atoms with Crippen molar-refractivity contribution in [2.24, 2.45) is 0 Å². The molecule has 21 heavy (non-hydrogen) atoms. The van der Waals surface area contributed by atoms with Crippen molar-refractivity contribution < 1.29 is 4.74 Å². The predicted molar refractivity (Wildman–Crippen MR) is 90.2 cm³/mol. The van der Waals surface area contributed by atoms with E-state index in [1.807, 2.05) is 0 Å². The van der Waals surface area contributed by atoms with Gasteiger partial charge >= 0.3 is 0 Å². The largest absolute Gasteiger partial charge is 0.377 e. The molecular weight excluding hydrogens is 260 g/mol. The lowest BCUT2D eigenvalue weighted by molar-refractivity contribution is 0.0843. The highest BCUT2D eigenvalue weighted by Crippen LogP contribution is 2.30. The van der Waals surface area contributed by atoms with Crippen LogP contribution in [0.1, 0.15) is 51.3 Å². The fraction of sp³-hybridized carbons (Fsp3) is 0.667. The lowest BCUT2D eigenvalue weighted by atomic mass is 10.0. The van der Waals surface area contributed by atoms with Gasteiger partial charge in [-0.05, 0) is 57.4 Å². The first-order valence-corrected chi connectivity index (χ1v) is 8.34. The number of fused-ring (bicyclic) bond motifs is 1. The fourth-order valence-electron chi connectivity index (χ4n) is 2.87. The summed E-state index contributed by atoms with van der Waals surface area (Å²) in [6.07, 6.45) is 2.66. The number of hydrogen-bond acceptors (Lipinski definition) is 3. The first-order valence-electron chi connectivity index (χ1n) is 8.34. The lowest BCUT2D eigenvalue weighted by Crippen LogP contribution is -2.26. The van der Waals surface area contributed by atoms with Gasteiger partial charge in [0, 0.05) is 24.8 Å². The fourth-order valence-corrected chi connectivity index (χ4v) is 2.87. The van der Waals surface area contributed by atoms with Gasteiger partial charge in [0.15, 0.2) is 0 Å². The number of rotatable bonds is 8. The minimum Gasteiger partial charge on any atom is -0.377 e. The average molecular weight is 290 g/mol. The van der Waals surface area contributed by atoms with Crippen molar-refractivity contribution in [2.75, 3.05) is 31.1 Å². The second-order valence-corrected chi connectivity index (χ2v) is 6.22. The predicted octanol–water partition coefficient (Wildman–Crippen LogP) is 3.53. The van der Waals surface area contributed by atoms with Gasteiger partial charge in [0.25, 0.3) is 0 Å². The second-order valence-electron chi connectivity index (χ2n) is 6.22. The third kappa shape index (κ3) is 4.45. The van der Waals surface area contributed by atoms with E-state index >= 15 is 0 Å². The number of ether oxygens (including phenoxy) is 1. The van der Waals surface area contributed by atoms with Gasteiger partial charge in [-0.3, -0.25) is 0 Å². The Bertz CT molecular complexity index is 445. The van der Waals surface area contributed by atoms with Gasteiger partial charge in [-0.15, -0.1) is 0 Å². The molecule has 0 bridgehead atoms. The van der Waals surface area contributed by atoms with Crippen molar-refractivity contribution in [1.29, 1.82) is 0 Å². The topological polar surface area (TPSA) is 24.5 Å². The summed E-state index contributed by atoms with van der Waals surface area (Å²) in [5.41, 5.74) is 4.29. The van der Waals surface area contributed by atoms with Crippen LogP contribution in [0.15, 0.2) is 18.2 Å². The zero-order valence-electron chi connectivity index (χ0n) is 14.0.